The van der Waals surface area contributed by atoms with Crippen LogP contribution in [0.1, 0.15) is 19.8 Å². The van der Waals surface area contributed by atoms with E-state index in [1.54, 1.807) is 0 Å². The molecule has 0 bridgehead atoms. The number of hydrogen-bond donors (Lipinski definition) is 0. The summed E-state index contributed by atoms with van der Waals surface area (Å²) in [6.07, 6.45) is 1.84. The first kappa shape index (κ1) is 14.6. The Bertz CT molecular complexity index is 560. The lowest BCUT2D eigenvalue weighted by molar-refractivity contribution is 0.122. The number of rotatable bonds is 8. The molecule has 0 radical (unpaired) electrons. The highest BCUT2D eigenvalue weighted by Crippen LogP contribution is 2.20. The van der Waals surface area contributed by atoms with E-state index >= 15 is 0 Å². The van der Waals surface area contributed by atoms with E-state index in [-0.39, 0.29) is 0 Å². The van der Waals surface area contributed by atoms with Gasteiger partial charge >= 0.3 is 0 Å². The van der Waals surface area contributed by atoms with Gasteiger partial charge in [-0.3, -0.25) is 0 Å². The summed E-state index contributed by atoms with van der Waals surface area (Å²) in [7, 11) is 0. The molecule has 2 heteroatoms. The lowest BCUT2D eigenvalue weighted by Crippen LogP contribution is -2.04. The first-order valence-corrected chi connectivity index (χ1v) is 7.09. The first-order chi connectivity index (χ1) is 9.75. The number of benzene rings is 2. The Kier molecular flexibility index (Phi) is 5.63. The molecule has 0 saturated heterocycles. The molecule has 0 saturated carbocycles. The van der Waals surface area contributed by atoms with Gasteiger partial charge in [-0.15, -0.1) is 6.58 Å². The molecule has 0 aliphatic heterocycles. The van der Waals surface area contributed by atoms with E-state index in [4.69, 9.17) is 9.47 Å². The summed E-state index contributed by atoms with van der Waals surface area (Å²) in [4.78, 5) is 0. The minimum Gasteiger partial charge on any atom is -0.493 e. The largest absolute Gasteiger partial charge is 0.493 e. The predicted molar refractivity (Wildman–Crippen MR) is 84.3 cm³/mol. The van der Waals surface area contributed by atoms with Gasteiger partial charge in [0.25, 0.3) is 0 Å². The molecule has 0 unspecified atom stereocenters. The average molecular weight is 270 g/mol. The Labute approximate surface area is 121 Å². The van der Waals surface area contributed by atoms with Crippen LogP contribution in [0.4, 0.5) is 0 Å². The minimum atomic E-state index is 0.686. The molecule has 0 heterocycles. The van der Waals surface area contributed by atoms with Crippen LogP contribution >= 0.6 is 0 Å². The summed E-state index contributed by atoms with van der Waals surface area (Å²) >= 11 is 0. The van der Waals surface area contributed by atoms with Gasteiger partial charge in [0, 0.05) is 13.0 Å². The SMILES string of the molecule is C=C(C)CCOCCCOc1ccc2ccccc2c1. The Morgan fingerprint density at radius 2 is 1.80 bits per heavy atom. The Morgan fingerprint density at radius 3 is 2.60 bits per heavy atom. The maximum Gasteiger partial charge on any atom is 0.119 e. The number of ether oxygens (including phenoxy) is 2. The normalized spacial score (nSPS) is 10.7. The predicted octanol–water partition coefficient (Wildman–Crippen LogP) is 4.59. The van der Waals surface area contributed by atoms with E-state index in [0.29, 0.717) is 6.61 Å². The molecule has 106 valence electrons. The maximum atomic E-state index is 5.74. The van der Waals surface area contributed by atoms with Crippen LogP contribution < -0.4 is 4.74 Å². The average Bonchev–Trinajstić information content (AvgIpc) is 2.46. The second-order valence-electron chi connectivity index (χ2n) is 5.03. The molecule has 0 aliphatic rings. The van der Waals surface area contributed by atoms with Gasteiger partial charge in [-0.2, -0.15) is 0 Å². The molecule has 0 aliphatic carbocycles. The molecule has 2 aromatic rings. The number of hydrogen-bond acceptors (Lipinski definition) is 2. The molecular formula is C18H22O2. The Morgan fingerprint density at radius 1 is 1.00 bits per heavy atom. The second-order valence-corrected chi connectivity index (χ2v) is 5.03. The van der Waals surface area contributed by atoms with Crippen LogP contribution in [0.5, 0.6) is 5.75 Å². The summed E-state index contributed by atoms with van der Waals surface area (Å²) in [5.74, 6) is 0.922. The maximum absolute atomic E-state index is 5.74. The molecule has 0 fully saturated rings. The van der Waals surface area contributed by atoms with Crippen molar-refractivity contribution in [1.29, 1.82) is 0 Å². The zero-order chi connectivity index (χ0) is 14.2. The van der Waals surface area contributed by atoms with E-state index in [9.17, 15) is 0 Å². The smallest absolute Gasteiger partial charge is 0.119 e. The topological polar surface area (TPSA) is 18.5 Å². The fraction of sp³-hybridized carbons (Fsp3) is 0.333. The Hall–Kier alpha value is -1.80. The third-order valence-electron chi connectivity index (χ3n) is 3.10. The van der Waals surface area contributed by atoms with Crippen LogP contribution in [-0.4, -0.2) is 19.8 Å². The van der Waals surface area contributed by atoms with Crippen molar-refractivity contribution in [3.05, 3.63) is 54.6 Å². The third-order valence-corrected chi connectivity index (χ3v) is 3.10. The molecule has 0 spiro atoms. The van der Waals surface area contributed by atoms with Gasteiger partial charge in [-0.1, -0.05) is 35.9 Å². The molecule has 2 rings (SSSR count). The van der Waals surface area contributed by atoms with Gasteiger partial charge < -0.3 is 9.47 Å². The molecule has 2 nitrogen and oxygen atoms in total. The molecule has 0 N–H and O–H groups in total. The van der Waals surface area contributed by atoms with Gasteiger partial charge in [-0.25, -0.2) is 0 Å². The quantitative estimate of drug-likeness (QED) is 0.516. The van der Waals surface area contributed by atoms with Crippen molar-refractivity contribution in [2.24, 2.45) is 0 Å². The van der Waals surface area contributed by atoms with Gasteiger partial charge in [0.15, 0.2) is 0 Å². The van der Waals surface area contributed by atoms with Crippen LogP contribution in [0.3, 0.4) is 0 Å². The fourth-order valence-corrected chi connectivity index (χ4v) is 1.96. The molecule has 20 heavy (non-hydrogen) atoms. The summed E-state index contributed by atoms with van der Waals surface area (Å²) in [6.45, 7) is 8.05. The minimum absolute atomic E-state index is 0.686. The standard InChI is InChI=1S/C18H22O2/c1-15(2)10-13-19-11-5-12-20-18-9-8-16-6-3-4-7-17(16)14-18/h3-4,6-9,14H,1,5,10-13H2,2H3. The molecule has 0 atom stereocenters. The molecule has 0 aromatic heterocycles. The van der Waals surface area contributed by atoms with Gasteiger partial charge in [0.2, 0.25) is 0 Å². The molecule has 2 aromatic carbocycles. The van der Waals surface area contributed by atoms with Crippen LogP contribution in [0, 0.1) is 0 Å². The van der Waals surface area contributed by atoms with Crippen LogP contribution in [0.15, 0.2) is 54.6 Å². The molecular weight excluding hydrogens is 248 g/mol. The lowest BCUT2D eigenvalue weighted by Gasteiger charge is -2.08. The molecule has 0 amide bonds. The van der Waals surface area contributed by atoms with Crippen LogP contribution in [-0.2, 0) is 4.74 Å². The fourth-order valence-electron chi connectivity index (χ4n) is 1.96. The van der Waals surface area contributed by atoms with Gasteiger partial charge in [-0.05, 0) is 36.2 Å². The van der Waals surface area contributed by atoms with Crippen LogP contribution in [0.2, 0.25) is 0 Å². The summed E-state index contributed by atoms with van der Waals surface area (Å²) in [5, 5.41) is 2.45. The second kappa shape index (κ2) is 7.71. The lowest BCUT2D eigenvalue weighted by atomic mass is 10.1. The van der Waals surface area contributed by atoms with Crippen molar-refractivity contribution < 1.29 is 9.47 Å². The summed E-state index contributed by atoms with van der Waals surface area (Å²) < 4.78 is 11.3. The Balaban J connectivity index is 1.69. The van der Waals surface area contributed by atoms with E-state index in [1.165, 1.54) is 10.8 Å². The van der Waals surface area contributed by atoms with Crippen molar-refractivity contribution in [3.63, 3.8) is 0 Å². The van der Waals surface area contributed by atoms with Gasteiger partial charge in [0.05, 0.1) is 13.2 Å². The first-order valence-electron chi connectivity index (χ1n) is 7.09. The van der Waals surface area contributed by atoms with Gasteiger partial charge in [0.1, 0.15) is 5.75 Å². The van der Waals surface area contributed by atoms with Crippen molar-refractivity contribution >= 4 is 10.8 Å². The van der Waals surface area contributed by atoms with E-state index in [0.717, 1.165) is 37.4 Å². The van der Waals surface area contributed by atoms with Crippen molar-refractivity contribution in [2.45, 2.75) is 19.8 Å². The summed E-state index contributed by atoms with van der Waals surface area (Å²) in [5.41, 5.74) is 1.16. The van der Waals surface area contributed by atoms with E-state index in [1.807, 2.05) is 25.1 Å². The van der Waals surface area contributed by atoms with E-state index in [2.05, 4.69) is 30.8 Å². The third kappa shape index (κ3) is 4.71. The highest BCUT2D eigenvalue weighted by molar-refractivity contribution is 5.83. The zero-order valence-electron chi connectivity index (χ0n) is 12.1. The van der Waals surface area contributed by atoms with Crippen molar-refractivity contribution in [2.75, 3.05) is 19.8 Å². The van der Waals surface area contributed by atoms with Crippen LogP contribution in [0.25, 0.3) is 10.8 Å². The monoisotopic (exact) mass is 270 g/mol. The van der Waals surface area contributed by atoms with Crippen molar-refractivity contribution in [3.8, 4) is 5.75 Å². The zero-order valence-corrected chi connectivity index (χ0v) is 12.1. The number of fused-ring (bicyclic) bond motifs is 1. The highest BCUT2D eigenvalue weighted by atomic mass is 16.5. The summed E-state index contributed by atoms with van der Waals surface area (Å²) in [6, 6.07) is 14.5. The highest BCUT2D eigenvalue weighted by Gasteiger charge is 1.97. The van der Waals surface area contributed by atoms with E-state index < -0.39 is 0 Å². The van der Waals surface area contributed by atoms with Crippen molar-refractivity contribution in [1.82, 2.24) is 0 Å².